The van der Waals surface area contributed by atoms with E-state index in [9.17, 15) is 0 Å². The van der Waals surface area contributed by atoms with Crippen molar-refractivity contribution in [2.45, 2.75) is 63.9 Å². The second-order valence-corrected chi connectivity index (χ2v) is 9.74. The first-order chi connectivity index (χ1) is 9.67. The molecule has 1 fully saturated rings. The molecule has 21 heavy (non-hydrogen) atoms. The van der Waals surface area contributed by atoms with Gasteiger partial charge in [0.15, 0.2) is 0 Å². The van der Waals surface area contributed by atoms with E-state index in [1.54, 1.807) is 11.3 Å². The van der Waals surface area contributed by atoms with Crippen molar-refractivity contribution in [2.75, 3.05) is 19.7 Å². The van der Waals surface area contributed by atoms with Crippen LogP contribution in [-0.4, -0.2) is 19.7 Å². The first-order valence-electron chi connectivity index (χ1n) is 7.86. The Hall–Kier alpha value is -0.0900. The molecule has 2 aliphatic rings. The van der Waals surface area contributed by atoms with Crippen molar-refractivity contribution in [1.29, 1.82) is 0 Å². The highest BCUT2D eigenvalue weighted by Gasteiger charge is 2.49. The van der Waals surface area contributed by atoms with Crippen LogP contribution < -0.4 is 5.32 Å². The number of piperidine rings is 1. The highest BCUT2D eigenvalue weighted by Crippen LogP contribution is 2.55. The third kappa shape index (κ3) is 2.46. The van der Waals surface area contributed by atoms with Crippen molar-refractivity contribution < 1.29 is 4.74 Å². The normalized spacial score (nSPS) is 24.1. The largest absolute Gasteiger partial charge is 0.369 e. The first kappa shape index (κ1) is 15.8. The molecule has 3 heterocycles. The van der Waals surface area contributed by atoms with Crippen molar-refractivity contribution >= 4 is 22.9 Å². The van der Waals surface area contributed by atoms with Crippen LogP contribution in [0, 0.1) is 0 Å². The van der Waals surface area contributed by atoms with Crippen LogP contribution in [0.4, 0.5) is 0 Å². The molecular weight excluding hydrogens is 302 g/mol. The minimum Gasteiger partial charge on any atom is -0.369 e. The monoisotopic (exact) mass is 327 g/mol. The van der Waals surface area contributed by atoms with E-state index in [-0.39, 0.29) is 16.4 Å². The number of nitrogens with one attached hydrogen (secondary N) is 1. The van der Waals surface area contributed by atoms with E-state index in [0.29, 0.717) is 0 Å². The van der Waals surface area contributed by atoms with E-state index in [0.717, 1.165) is 36.9 Å². The molecule has 0 amide bonds. The van der Waals surface area contributed by atoms with Crippen LogP contribution in [0.1, 0.15) is 63.5 Å². The Labute approximate surface area is 137 Å². The Kier molecular flexibility index (Phi) is 3.73. The van der Waals surface area contributed by atoms with E-state index in [1.807, 2.05) is 0 Å². The minimum atomic E-state index is -0.123. The summed E-state index contributed by atoms with van der Waals surface area (Å²) in [5.41, 5.74) is 2.73. The van der Waals surface area contributed by atoms with Crippen LogP contribution in [0.3, 0.4) is 0 Å². The van der Waals surface area contributed by atoms with Crippen LogP contribution in [-0.2, 0) is 21.2 Å². The molecule has 1 saturated heterocycles. The van der Waals surface area contributed by atoms with E-state index in [1.165, 1.54) is 16.0 Å². The van der Waals surface area contributed by atoms with Gasteiger partial charge in [0.2, 0.25) is 0 Å². The fourth-order valence-electron chi connectivity index (χ4n) is 3.67. The molecule has 2 aliphatic heterocycles. The third-order valence-corrected chi connectivity index (χ3v) is 6.57. The minimum absolute atomic E-state index is 0.0514. The predicted octanol–water partition coefficient (Wildman–Crippen LogP) is 4.59. The van der Waals surface area contributed by atoms with E-state index < -0.39 is 0 Å². The lowest BCUT2D eigenvalue weighted by molar-refractivity contribution is -0.101. The summed E-state index contributed by atoms with van der Waals surface area (Å²) in [7, 11) is 0. The van der Waals surface area contributed by atoms with Gasteiger partial charge >= 0.3 is 0 Å². The zero-order chi connectivity index (χ0) is 15.5. The summed E-state index contributed by atoms with van der Waals surface area (Å²) in [5, 5.41) is 3.46. The number of hydrogen-bond acceptors (Lipinski definition) is 3. The van der Waals surface area contributed by atoms with Gasteiger partial charge in [0.05, 0.1) is 16.5 Å². The maximum Gasteiger partial charge on any atom is 0.0972 e. The van der Waals surface area contributed by atoms with Gasteiger partial charge in [0.25, 0.3) is 0 Å². The van der Waals surface area contributed by atoms with Crippen LogP contribution >= 0.6 is 22.9 Å². The molecule has 1 aromatic heterocycles. The molecule has 2 nitrogen and oxygen atoms in total. The van der Waals surface area contributed by atoms with Crippen LogP contribution in [0.2, 0.25) is 4.34 Å². The quantitative estimate of drug-likeness (QED) is 0.752. The number of ether oxygens (including phenoxy) is 1. The average Bonchev–Trinajstić information content (AvgIpc) is 2.76. The zero-order valence-electron chi connectivity index (χ0n) is 13.7. The zero-order valence-corrected chi connectivity index (χ0v) is 15.3. The van der Waals surface area contributed by atoms with Crippen molar-refractivity contribution in [3.63, 3.8) is 0 Å². The molecule has 0 aliphatic carbocycles. The lowest BCUT2D eigenvalue weighted by Crippen LogP contribution is -2.49. The van der Waals surface area contributed by atoms with Gasteiger partial charge in [0, 0.05) is 15.9 Å². The maximum absolute atomic E-state index is 6.70. The smallest absolute Gasteiger partial charge is 0.0972 e. The molecule has 3 rings (SSSR count). The summed E-state index contributed by atoms with van der Waals surface area (Å²) in [6.45, 7) is 14.2. The topological polar surface area (TPSA) is 21.3 Å². The van der Waals surface area contributed by atoms with Gasteiger partial charge in [-0.05, 0) is 36.9 Å². The van der Waals surface area contributed by atoms with Gasteiger partial charge in [0.1, 0.15) is 0 Å². The number of halogens is 1. The molecule has 0 bridgehead atoms. The van der Waals surface area contributed by atoms with Crippen molar-refractivity contribution in [3.8, 4) is 0 Å². The fourth-order valence-corrected chi connectivity index (χ4v) is 5.69. The second-order valence-electron chi connectivity index (χ2n) is 8.12. The standard InChI is InChI=1S/C17H26ClNOS/c1-15(2,3)12-11-13(21-14(12)18)16(4,5)10-20-17(11)6-8-19-9-7-17/h19H,6-10H2,1-5H3. The average molecular weight is 328 g/mol. The molecule has 1 aromatic rings. The Bertz CT molecular complexity index is 550. The maximum atomic E-state index is 6.70. The molecule has 0 aromatic carbocycles. The SMILES string of the molecule is CC(C)(C)c1c(Cl)sc2c1C1(CCNCC1)OCC2(C)C. The summed E-state index contributed by atoms with van der Waals surface area (Å²) in [5.74, 6) is 0. The number of fused-ring (bicyclic) bond motifs is 2. The molecule has 1 spiro atoms. The lowest BCUT2D eigenvalue weighted by atomic mass is 9.71. The summed E-state index contributed by atoms with van der Waals surface area (Å²) in [6, 6.07) is 0. The molecule has 4 heteroatoms. The molecule has 0 atom stereocenters. The van der Waals surface area contributed by atoms with Crippen molar-refractivity contribution in [1.82, 2.24) is 5.32 Å². The third-order valence-electron chi connectivity index (χ3n) is 4.81. The molecule has 0 saturated carbocycles. The van der Waals surface area contributed by atoms with Gasteiger partial charge in [-0.1, -0.05) is 46.2 Å². The Balaban J connectivity index is 2.25. The fraction of sp³-hybridized carbons (Fsp3) is 0.765. The van der Waals surface area contributed by atoms with Crippen LogP contribution in [0.15, 0.2) is 0 Å². The Morgan fingerprint density at radius 2 is 1.81 bits per heavy atom. The Morgan fingerprint density at radius 1 is 1.19 bits per heavy atom. The first-order valence-corrected chi connectivity index (χ1v) is 9.05. The van der Waals surface area contributed by atoms with Gasteiger partial charge in [-0.3, -0.25) is 0 Å². The summed E-state index contributed by atoms with van der Waals surface area (Å²) >= 11 is 8.48. The summed E-state index contributed by atoms with van der Waals surface area (Å²) in [6.07, 6.45) is 2.10. The summed E-state index contributed by atoms with van der Waals surface area (Å²) in [4.78, 5) is 1.45. The van der Waals surface area contributed by atoms with Gasteiger partial charge in [-0.2, -0.15) is 0 Å². The van der Waals surface area contributed by atoms with Crippen LogP contribution in [0.25, 0.3) is 0 Å². The lowest BCUT2D eigenvalue weighted by Gasteiger charge is -2.47. The van der Waals surface area contributed by atoms with Crippen molar-refractivity contribution in [3.05, 3.63) is 20.3 Å². The Morgan fingerprint density at radius 3 is 2.38 bits per heavy atom. The van der Waals surface area contributed by atoms with Crippen LogP contribution in [0.5, 0.6) is 0 Å². The highest BCUT2D eigenvalue weighted by atomic mass is 35.5. The van der Waals surface area contributed by atoms with E-state index in [2.05, 4.69) is 39.9 Å². The van der Waals surface area contributed by atoms with Gasteiger partial charge < -0.3 is 10.1 Å². The second kappa shape index (κ2) is 4.95. The molecular formula is C17H26ClNOS. The van der Waals surface area contributed by atoms with Gasteiger partial charge in [-0.15, -0.1) is 11.3 Å². The molecule has 0 radical (unpaired) electrons. The van der Waals surface area contributed by atoms with E-state index >= 15 is 0 Å². The van der Waals surface area contributed by atoms with Crippen molar-refractivity contribution in [2.24, 2.45) is 0 Å². The number of thiophene rings is 1. The number of rotatable bonds is 0. The molecule has 0 unspecified atom stereocenters. The predicted molar refractivity (Wildman–Crippen MR) is 90.8 cm³/mol. The number of hydrogen-bond donors (Lipinski definition) is 1. The molecule has 118 valence electrons. The highest BCUT2D eigenvalue weighted by molar-refractivity contribution is 7.16. The van der Waals surface area contributed by atoms with E-state index in [4.69, 9.17) is 16.3 Å². The summed E-state index contributed by atoms with van der Waals surface area (Å²) < 4.78 is 7.47. The van der Waals surface area contributed by atoms with Gasteiger partial charge in [-0.25, -0.2) is 0 Å². The molecule has 1 N–H and O–H groups in total.